The molecule has 1 aromatic carbocycles. The summed E-state index contributed by atoms with van der Waals surface area (Å²) < 4.78 is 14.3. The lowest BCUT2D eigenvalue weighted by Gasteiger charge is -2.33. The van der Waals surface area contributed by atoms with E-state index in [4.69, 9.17) is 18.0 Å². The largest absolute Gasteiger partial charge is 0.389 e. The van der Waals surface area contributed by atoms with Gasteiger partial charge in [-0.05, 0) is 44.7 Å². The Bertz CT molecular complexity index is 481. The molecule has 2 nitrogen and oxygen atoms in total. The quantitative estimate of drug-likeness (QED) is 0.862. The molecule has 1 aromatic rings. The Labute approximate surface area is 126 Å². The predicted molar refractivity (Wildman–Crippen MR) is 85.2 cm³/mol. The predicted octanol–water partition coefficient (Wildman–Crippen LogP) is 3.47. The van der Waals surface area contributed by atoms with Gasteiger partial charge in [-0.1, -0.05) is 31.3 Å². The van der Waals surface area contributed by atoms with E-state index in [0.29, 0.717) is 23.7 Å². The van der Waals surface area contributed by atoms with Crippen molar-refractivity contribution >= 4 is 17.2 Å². The maximum Gasteiger partial charge on any atom is 0.137 e. The monoisotopic (exact) mass is 294 g/mol. The van der Waals surface area contributed by atoms with E-state index in [1.54, 1.807) is 6.07 Å². The summed E-state index contributed by atoms with van der Waals surface area (Å²) in [6.07, 6.45) is 4.94. The zero-order valence-corrected chi connectivity index (χ0v) is 13.0. The number of hydrogen-bond donors (Lipinski definition) is 1. The molecule has 1 aliphatic carbocycles. The van der Waals surface area contributed by atoms with E-state index < -0.39 is 0 Å². The Hall–Kier alpha value is -1.00. The molecule has 1 saturated carbocycles. The van der Waals surface area contributed by atoms with E-state index in [-0.39, 0.29) is 10.8 Å². The number of rotatable bonds is 4. The van der Waals surface area contributed by atoms with Gasteiger partial charge in [0.25, 0.3) is 0 Å². The van der Waals surface area contributed by atoms with Crippen molar-refractivity contribution < 1.29 is 4.39 Å². The van der Waals surface area contributed by atoms with Gasteiger partial charge in [-0.3, -0.25) is 4.90 Å². The van der Waals surface area contributed by atoms with Crippen LogP contribution >= 0.6 is 12.2 Å². The highest BCUT2D eigenvalue weighted by molar-refractivity contribution is 7.80. The van der Waals surface area contributed by atoms with Crippen LogP contribution in [0.1, 0.15) is 43.7 Å². The minimum absolute atomic E-state index is 0.124. The topological polar surface area (TPSA) is 29.3 Å². The molecule has 2 rings (SSSR count). The lowest BCUT2D eigenvalue weighted by molar-refractivity contribution is 0.162. The van der Waals surface area contributed by atoms with E-state index in [1.165, 1.54) is 25.7 Å². The number of halogens is 1. The summed E-state index contributed by atoms with van der Waals surface area (Å²) in [7, 11) is 2.08. The summed E-state index contributed by atoms with van der Waals surface area (Å²) in [6.45, 7) is 2.92. The minimum Gasteiger partial charge on any atom is -0.389 e. The van der Waals surface area contributed by atoms with Crippen LogP contribution in [0.3, 0.4) is 0 Å². The second-order valence-electron chi connectivity index (χ2n) is 5.97. The van der Waals surface area contributed by atoms with Crippen LogP contribution in [0.4, 0.5) is 4.39 Å². The van der Waals surface area contributed by atoms with Crippen LogP contribution in [0.2, 0.25) is 0 Å². The first-order valence-electron chi connectivity index (χ1n) is 7.26. The van der Waals surface area contributed by atoms with Crippen molar-refractivity contribution in [2.45, 2.75) is 45.2 Å². The van der Waals surface area contributed by atoms with E-state index in [9.17, 15) is 4.39 Å². The lowest BCUT2D eigenvalue weighted by atomic mass is 9.86. The normalized spacial score (nSPS) is 23.0. The fraction of sp³-hybridized carbons (Fsp3) is 0.562. The molecule has 1 fully saturated rings. The second kappa shape index (κ2) is 6.64. The maximum atomic E-state index is 14.3. The highest BCUT2D eigenvalue weighted by Gasteiger charge is 2.22. The van der Waals surface area contributed by atoms with Gasteiger partial charge in [-0.15, -0.1) is 0 Å². The summed E-state index contributed by atoms with van der Waals surface area (Å²) in [5, 5.41) is 0. The molecule has 0 bridgehead atoms. The Morgan fingerprint density at radius 2 is 2.00 bits per heavy atom. The summed E-state index contributed by atoms with van der Waals surface area (Å²) in [5.41, 5.74) is 6.58. The van der Waals surface area contributed by atoms with Gasteiger partial charge in [-0.2, -0.15) is 0 Å². The maximum absolute atomic E-state index is 14.3. The van der Waals surface area contributed by atoms with Crippen LogP contribution in [0.5, 0.6) is 0 Å². The van der Waals surface area contributed by atoms with Crippen molar-refractivity contribution in [3.05, 3.63) is 35.1 Å². The SMILES string of the molecule is CC1CCC(N(C)Cc2cccc(C(N)=S)c2F)CC1. The molecule has 2 N–H and O–H groups in total. The summed E-state index contributed by atoms with van der Waals surface area (Å²) in [5.74, 6) is 0.561. The molecule has 0 spiro atoms. The van der Waals surface area contributed by atoms with Crippen molar-refractivity contribution in [2.24, 2.45) is 11.7 Å². The van der Waals surface area contributed by atoms with Crippen LogP contribution in [-0.2, 0) is 6.54 Å². The third-order valence-electron chi connectivity index (χ3n) is 4.37. The first-order chi connectivity index (χ1) is 9.49. The third kappa shape index (κ3) is 3.55. The van der Waals surface area contributed by atoms with Gasteiger partial charge < -0.3 is 5.73 Å². The van der Waals surface area contributed by atoms with Crippen LogP contribution in [0.15, 0.2) is 18.2 Å². The first kappa shape index (κ1) is 15.4. The molecule has 0 heterocycles. The number of nitrogens with zero attached hydrogens (tertiary/aromatic N) is 1. The van der Waals surface area contributed by atoms with E-state index >= 15 is 0 Å². The average molecular weight is 294 g/mol. The van der Waals surface area contributed by atoms with Crippen LogP contribution in [-0.4, -0.2) is 23.0 Å². The molecule has 0 aliphatic heterocycles. The molecule has 0 saturated heterocycles. The number of thiocarbonyl (C=S) groups is 1. The van der Waals surface area contributed by atoms with Crippen LogP contribution in [0, 0.1) is 11.7 Å². The van der Waals surface area contributed by atoms with Crippen molar-refractivity contribution in [3.8, 4) is 0 Å². The molecule has 20 heavy (non-hydrogen) atoms. The smallest absolute Gasteiger partial charge is 0.137 e. The van der Waals surface area contributed by atoms with E-state index in [2.05, 4.69) is 18.9 Å². The first-order valence-corrected chi connectivity index (χ1v) is 7.67. The van der Waals surface area contributed by atoms with E-state index in [0.717, 1.165) is 5.92 Å². The molecule has 0 amide bonds. The summed E-state index contributed by atoms with van der Waals surface area (Å²) in [4.78, 5) is 2.38. The Morgan fingerprint density at radius 3 is 2.60 bits per heavy atom. The number of nitrogens with two attached hydrogens (primary N) is 1. The Kier molecular flexibility index (Phi) is 5.11. The van der Waals surface area contributed by atoms with Gasteiger partial charge in [0.1, 0.15) is 10.8 Å². The summed E-state index contributed by atoms with van der Waals surface area (Å²) in [6, 6.07) is 5.84. The van der Waals surface area contributed by atoms with Crippen molar-refractivity contribution in [1.82, 2.24) is 4.90 Å². The zero-order valence-electron chi connectivity index (χ0n) is 12.2. The van der Waals surface area contributed by atoms with Gasteiger partial charge in [0.05, 0.1) is 0 Å². The lowest BCUT2D eigenvalue weighted by Crippen LogP contribution is -2.34. The van der Waals surface area contributed by atoms with Gasteiger partial charge >= 0.3 is 0 Å². The highest BCUT2D eigenvalue weighted by Crippen LogP contribution is 2.27. The standard InChI is InChI=1S/C16H23FN2S/c1-11-6-8-13(9-7-11)19(2)10-12-4-3-5-14(15(12)17)16(18)20/h3-5,11,13H,6-10H2,1-2H3,(H2,18,20). The van der Waals surface area contributed by atoms with Gasteiger partial charge in [-0.25, -0.2) is 4.39 Å². The Balaban J connectivity index is 2.06. The molecule has 0 aromatic heterocycles. The fourth-order valence-electron chi connectivity index (χ4n) is 2.97. The molecule has 1 aliphatic rings. The molecular formula is C16H23FN2S. The van der Waals surface area contributed by atoms with Gasteiger partial charge in [0, 0.05) is 23.7 Å². The Morgan fingerprint density at radius 1 is 1.35 bits per heavy atom. The third-order valence-corrected chi connectivity index (χ3v) is 4.59. The molecule has 4 heteroatoms. The van der Waals surface area contributed by atoms with Crippen molar-refractivity contribution in [1.29, 1.82) is 0 Å². The highest BCUT2D eigenvalue weighted by atomic mass is 32.1. The van der Waals surface area contributed by atoms with Crippen LogP contribution < -0.4 is 5.73 Å². The molecule has 0 atom stereocenters. The fourth-order valence-corrected chi connectivity index (χ4v) is 3.13. The van der Waals surface area contributed by atoms with Gasteiger partial charge in [0.15, 0.2) is 0 Å². The average Bonchev–Trinajstić information content (AvgIpc) is 2.41. The van der Waals surface area contributed by atoms with Crippen LogP contribution in [0.25, 0.3) is 0 Å². The molecular weight excluding hydrogens is 271 g/mol. The van der Waals surface area contributed by atoms with E-state index in [1.807, 2.05) is 12.1 Å². The molecule has 110 valence electrons. The zero-order chi connectivity index (χ0) is 14.7. The summed E-state index contributed by atoms with van der Waals surface area (Å²) >= 11 is 4.89. The van der Waals surface area contributed by atoms with Crippen molar-refractivity contribution in [2.75, 3.05) is 7.05 Å². The number of hydrogen-bond acceptors (Lipinski definition) is 2. The van der Waals surface area contributed by atoms with Crippen molar-refractivity contribution in [3.63, 3.8) is 0 Å². The van der Waals surface area contributed by atoms with Gasteiger partial charge in [0.2, 0.25) is 0 Å². The second-order valence-corrected chi connectivity index (χ2v) is 6.41. The molecule has 0 unspecified atom stereocenters. The molecule has 0 radical (unpaired) electrons. The minimum atomic E-state index is -0.268. The number of benzene rings is 1.